The molecule has 29 heavy (non-hydrogen) atoms. The topological polar surface area (TPSA) is 168 Å². The summed E-state index contributed by atoms with van der Waals surface area (Å²) in [6, 6.07) is 0. The summed E-state index contributed by atoms with van der Waals surface area (Å²) in [6.45, 7) is 4.79. The first-order valence-electron chi connectivity index (χ1n) is 8.92. The molecule has 0 aromatic rings. The Morgan fingerprint density at radius 3 is 1.31 bits per heavy atom. The Balaban J connectivity index is 4.57. The van der Waals surface area contributed by atoms with E-state index in [-0.39, 0.29) is 49.7 Å². The molecule has 0 saturated heterocycles. The van der Waals surface area contributed by atoms with Crippen LogP contribution in [0.25, 0.3) is 0 Å². The van der Waals surface area contributed by atoms with E-state index < -0.39 is 55.7 Å². The summed E-state index contributed by atoms with van der Waals surface area (Å²) in [5.74, 6) is -3.63. The zero-order chi connectivity index (χ0) is 22.4. The highest BCUT2D eigenvalue weighted by atomic mass is 16.6. The van der Waals surface area contributed by atoms with Gasteiger partial charge in [-0.2, -0.15) is 0 Å². The van der Waals surface area contributed by atoms with E-state index in [0.29, 0.717) is 0 Å². The van der Waals surface area contributed by atoms with E-state index >= 15 is 0 Å². The third-order valence-corrected chi connectivity index (χ3v) is 4.01. The first-order valence-corrected chi connectivity index (χ1v) is 8.92. The van der Waals surface area contributed by atoms with Gasteiger partial charge in [-0.25, -0.2) is 9.59 Å². The summed E-state index contributed by atoms with van der Waals surface area (Å²) >= 11 is 0. The number of carboxylic acids is 2. The summed E-state index contributed by atoms with van der Waals surface area (Å²) in [5.41, 5.74) is -1.37. The highest BCUT2D eigenvalue weighted by molar-refractivity contribution is 5.88. The molecule has 0 aromatic carbocycles. The van der Waals surface area contributed by atoms with E-state index in [0.717, 1.165) is 0 Å². The summed E-state index contributed by atoms with van der Waals surface area (Å²) in [7, 11) is 0. The lowest BCUT2D eigenvalue weighted by atomic mass is 9.92. The number of hydrogen-bond acceptors (Lipinski definition) is 8. The molecule has 0 fully saturated rings. The lowest BCUT2D eigenvalue weighted by Gasteiger charge is -2.28. The van der Waals surface area contributed by atoms with Gasteiger partial charge in [0, 0.05) is 24.0 Å². The summed E-state index contributed by atoms with van der Waals surface area (Å²) in [6.07, 6.45) is 0.376. The third kappa shape index (κ3) is 11.0. The van der Waals surface area contributed by atoms with Crippen molar-refractivity contribution in [2.75, 3.05) is 26.4 Å². The van der Waals surface area contributed by atoms with Crippen LogP contribution in [-0.4, -0.2) is 70.7 Å². The molecule has 0 aliphatic rings. The first kappa shape index (κ1) is 26.3. The van der Waals surface area contributed by atoms with Gasteiger partial charge in [0.05, 0.1) is 18.6 Å². The number of hydrogen-bond donors (Lipinski definition) is 4. The van der Waals surface area contributed by atoms with Crippen molar-refractivity contribution in [1.29, 1.82) is 0 Å². The summed E-state index contributed by atoms with van der Waals surface area (Å²) in [5, 5.41) is 36.3. The molecule has 164 valence electrons. The number of esters is 2. The molecule has 0 spiro atoms. The maximum absolute atomic E-state index is 11.9. The molecule has 10 nitrogen and oxygen atoms in total. The number of carboxylic acid groups (broad SMARTS) is 2. The summed E-state index contributed by atoms with van der Waals surface area (Å²) < 4.78 is 10.0. The van der Waals surface area contributed by atoms with Crippen molar-refractivity contribution in [1.82, 2.24) is 0 Å². The fraction of sp³-hybridized carbons (Fsp3) is 0.579. The smallest absolute Gasteiger partial charge is 0.333 e. The minimum atomic E-state index is -1.45. The van der Waals surface area contributed by atoms with E-state index in [1.807, 2.05) is 0 Å². The minimum absolute atomic E-state index is 0.0415. The Morgan fingerprint density at radius 2 is 1.03 bits per heavy atom. The van der Waals surface area contributed by atoms with Crippen LogP contribution in [0.15, 0.2) is 24.3 Å². The maximum Gasteiger partial charge on any atom is 0.333 e. The van der Waals surface area contributed by atoms with Crippen molar-refractivity contribution in [3.63, 3.8) is 0 Å². The second-order valence-electron chi connectivity index (χ2n) is 6.67. The number of carbonyl (C=O) groups is 4. The van der Waals surface area contributed by atoms with E-state index in [1.165, 1.54) is 0 Å². The second-order valence-corrected chi connectivity index (χ2v) is 6.67. The Hall–Kier alpha value is -2.72. The Bertz CT molecular complexity index is 568. The van der Waals surface area contributed by atoms with Gasteiger partial charge in [0.2, 0.25) is 0 Å². The molecule has 0 aliphatic carbocycles. The Morgan fingerprint density at radius 1 is 0.690 bits per heavy atom. The van der Waals surface area contributed by atoms with Crippen LogP contribution in [-0.2, 0) is 28.7 Å². The molecular weight excluding hydrogens is 388 g/mol. The molecule has 10 heteroatoms. The molecule has 0 saturated carbocycles. The van der Waals surface area contributed by atoms with Gasteiger partial charge in [0.1, 0.15) is 13.2 Å². The monoisotopic (exact) mass is 416 g/mol. The van der Waals surface area contributed by atoms with Gasteiger partial charge in [-0.1, -0.05) is 13.2 Å². The van der Waals surface area contributed by atoms with E-state index in [2.05, 4.69) is 13.2 Å². The third-order valence-electron chi connectivity index (χ3n) is 4.01. The summed E-state index contributed by atoms with van der Waals surface area (Å²) in [4.78, 5) is 44.8. The molecule has 0 aromatic heterocycles. The van der Waals surface area contributed by atoms with Crippen LogP contribution in [0, 0.1) is 5.41 Å². The van der Waals surface area contributed by atoms with E-state index in [1.54, 1.807) is 0 Å². The molecule has 0 radical (unpaired) electrons. The Kier molecular flexibility index (Phi) is 12.2. The lowest BCUT2D eigenvalue weighted by Crippen LogP contribution is -2.41. The van der Waals surface area contributed by atoms with Crippen LogP contribution in [0.4, 0.5) is 0 Å². The van der Waals surface area contributed by atoms with E-state index in [9.17, 15) is 29.4 Å². The zero-order valence-corrected chi connectivity index (χ0v) is 16.2. The van der Waals surface area contributed by atoms with Crippen molar-refractivity contribution in [3.8, 4) is 0 Å². The van der Waals surface area contributed by atoms with Gasteiger partial charge < -0.3 is 29.9 Å². The first-order chi connectivity index (χ1) is 13.6. The largest absolute Gasteiger partial charge is 0.481 e. The molecule has 0 amide bonds. The normalized spacial score (nSPS) is 10.8. The minimum Gasteiger partial charge on any atom is -0.481 e. The van der Waals surface area contributed by atoms with Crippen LogP contribution in [0.2, 0.25) is 0 Å². The second kappa shape index (κ2) is 13.5. The average Bonchev–Trinajstić information content (AvgIpc) is 2.67. The van der Waals surface area contributed by atoms with Gasteiger partial charge >= 0.3 is 23.9 Å². The van der Waals surface area contributed by atoms with Gasteiger partial charge in [-0.15, -0.1) is 0 Å². The molecule has 0 heterocycles. The number of aliphatic hydroxyl groups is 2. The van der Waals surface area contributed by atoms with Crippen LogP contribution >= 0.6 is 0 Å². The number of aliphatic carboxylic acids is 2. The molecular formula is C19H28O10. The molecule has 4 N–H and O–H groups in total. The van der Waals surface area contributed by atoms with Gasteiger partial charge in [-0.05, 0) is 25.7 Å². The van der Waals surface area contributed by atoms with Crippen molar-refractivity contribution in [2.24, 2.45) is 5.41 Å². The molecule has 0 rings (SSSR count). The number of carbonyl (C=O) groups excluding carboxylic acids is 2. The van der Waals surface area contributed by atoms with Gasteiger partial charge in [-0.3, -0.25) is 9.59 Å². The molecule has 0 atom stereocenters. The Labute approximate surface area is 168 Å². The van der Waals surface area contributed by atoms with Crippen LogP contribution < -0.4 is 0 Å². The highest BCUT2D eigenvalue weighted by Gasteiger charge is 2.33. The van der Waals surface area contributed by atoms with Crippen molar-refractivity contribution in [3.05, 3.63) is 24.3 Å². The predicted molar refractivity (Wildman–Crippen MR) is 99.8 cm³/mol. The standard InChI is InChI=1S/C19H28O10/c1-13(5-3-7-15(22)23)17(26)28-11-19(9-20,10-21)12-29-18(27)14(2)6-4-8-16(24)25/h20-21H,1-12H2,(H,22,23)(H,24,25). The number of rotatable bonds is 16. The van der Waals surface area contributed by atoms with Crippen molar-refractivity contribution >= 4 is 23.9 Å². The fourth-order valence-corrected chi connectivity index (χ4v) is 2.03. The number of aliphatic hydroxyl groups excluding tert-OH is 2. The van der Waals surface area contributed by atoms with Crippen molar-refractivity contribution in [2.45, 2.75) is 38.5 Å². The highest BCUT2D eigenvalue weighted by Crippen LogP contribution is 2.20. The van der Waals surface area contributed by atoms with Gasteiger partial charge in [0.15, 0.2) is 0 Å². The molecule has 0 bridgehead atoms. The maximum atomic E-state index is 11.9. The predicted octanol–water partition coefficient (Wildman–Crippen LogP) is 0.666. The quantitative estimate of drug-likeness (QED) is 0.207. The molecule has 0 aliphatic heterocycles. The fourth-order valence-electron chi connectivity index (χ4n) is 2.03. The van der Waals surface area contributed by atoms with Crippen LogP contribution in [0.1, 0.15) is 38.5 Å². The van der Waals surface area contributed by atoms with E-state index in [4.69, 9.17) is 19.7 Å². The van der Waals surface area contributed by atoms with Crippen molar-refractivity contribution < 1.29 is 49.1 Å². The lowest BCUT2D eigenvalue weighted by molar-refractivity contribution is -0.154. The number of ether oxygens (including phenoxy) is 2. The van der Waals surface area contributed by atoms with Crippen LogP contribution in [0.5, 0.6) is 0 Å². The van der Waals surface area contributed by atoms with Gasteiger partial charge in [0.25, 0.3) is 0 Å². The zero-order valence-electron chi connectivity index (χ0n) is 16.2. The average molecular weight is 416 g/mol. The molecule has 0 unspecified atom stereocenters. The SMILES string of the molecule is C=C(CCCC(=O)O)C(=O)OCC(CO)(CO)COC(=O)C(=C)CCCC(=O)O. The van der Waals surface area contributed by atoms with Crippen LogP contribution in [0.3, 0.4) is 0 Å².